The summed E-state index contributed by atoms with van der Waals surface area (Å²) in [6.45, 7) is 7.34. The molecule has 2 heterocycles. The molecule has 1 aromatic heterocycles. The van der Waals surface area contributed by atoms with Crippen molar-refractivity contribution in [1.82, 2.24) is 23.7 Å². The summed E-state index contributed by atoms with van der Waals surface area (Å²) < 4.78 is 34.3. The second-order valence-electron chi connectivity index (χ2n) is 7.07. The Morgan fingerprint density at radius 2 is 2.08 bits per heavy atom. The molecular weight excluding hydrogens is 346 g/mol. The quantitative estimate of drug-likeness (QED) is 0.846. The van der Waals surface area contributed by atoms with Crippen molar-refractivity contribution in [2.24, 2.45) is 0 Å². The lowest BCUT2D eigenvalue weighted by atomic mass is 10.2. The molecule has 2 rings (SSSR count). The number of amides is 1. The standard InChI is InChI=1S/C15H27N5O4S/c1-15(2,3)24-14(21)19-7-6-8-20-13(11-19)9-12(17-20)10-18(5)25(22,23)16-4/h9,16H,6-8,10-11H2,1-5H3. The van der Waals surface area contributed by atoms with Gasteiger partial charge >= 0.3 is 6.09 Å². The zero-order valence-corrected chi connectivity index (χ0v) is 16.3. The van der Waals surface area contributed by atoms with Crippen molar-refractivity contribution in [1.29, 1.82) is 0 Å². The fourth-order valence-electron chi connectivity index (χ4n) is 2.55. The molecule has 25 heavy (non-hydrogen) atoms. The van der Waals surface area contributed by atoms with Gasteiger partial charge in [0.25, 0.3) is 10.2 Å². The number of carbonyl (C=O) groups is 1. The highest BCUT2D eigenvalue weighted by molar-refractivity contribution is 7.87. The SMILES string of the molecule is CNS(=O)(=O)N(C)Cc1cc2n(n1)CCCN(C(=O)OC(C)(C)C)C2. The summed E-state index contributed by atoms with van der Waals surface area (Å²) in [6.07, 6.45) is 0.413. The summed E-state index contributed by atoms with van der Waals surface area (Å²) >= 11 is 0. The Hall–Kier alpha value is -1.65. The fourth-order valence-corrected chi connectivity index (χ4v) is 3.16. The number of nitrogens with zero attached hydrogens (tertiary/aromatic N) is 4. The van der Waals surface area contributed by atoms with Crippen LogP contribution in [0.3, 0.4) is 0 Å². The van der Waals surface area contributed by atoms with Crippen molar-refractivity contribution in [3.05, 3.63) is 17.5 Å². The van der Waals surface area contributed by atoms with Crippen LogP contribution in [0.1, 0.15) is 38.6 Å². The molecule has 0 radical (unpaired) electrons. The van der Waals surface area contributed by atoms with Crippen molar-refractivity contribution >= 4 is 16.3 Å². The molecule has 0 saturated heterocycles. The van der Waals surface area contributed by atoms with Crippen LogP contribution in [0.15, 0.2) is 6.07 Å². The molecule has 1 aliphatic heterocycles. The van der Waals surface area contributed by atoms with Crippen LogP contribution < -0.4 is 4.72 Å². The third-order valence-electron chi connectivity index (χ3n) is 3.77. The van der Waals surface area contributed by atoms with Gasteiger partial charge < -0.3 is 9.64 Å². The molecule has 1 N–H and O–H groups in total. The van der Waals surface area contributed by atoms with Gasteiger partial charge in [0.2, 0.25) is 0 Å². The minimum Gasteiger partial charge on any atom is -0.444 e. The summed E-state index contributed by atoms with van der Waals surface area (Å²) in [5.74, 6) is 0. The molecule has 0 saturated carbocycles. The van der Waals surface area contributed by atoms with Crippen molar-refractivity contribution in [3.8, 4) is 0 Å². The molecule has 1 aliphatic rings. The average Bonchev–Trinajstić information content (AvgIpc) is 2.74. The van der Waals surface area contributed by atoms with E-state index in [4.69, 9.17) is 4.74 Å². The van der Waals surface area contributed by atoms with Gasteiger partial charge in [0.1, 0.15) is 5.60 Å². The zero-order valence-electron chi connectivity index (χ0n) is 15.4. The third kappa shape index (κ3) is 5.16. The van der Waals surface area contributed by atoms with E-state index in [2.05, 4.69) is 9.82 Å². The van der Waals surface area contributed by atoms with Crippen molar-refractivity contribution < 1.29 is 17.9 Å². The van der Waals surface area contributed by atoms with Gasteiger partial charge in [-0.15, -0.1) is 0 Å². The topological polar surface area (TPSA) is 96.8 Å². The van der Waals surface area contributed by atoms with E-state index >= 15 is 0 Å². The molecule has 9 nitrogen and oxygen atoms in total. The van der Waals surface area contributed by atoms with Crippen molar-refractivity contribution in [2.45, 2.75) is 52.4 Å². The summed E-state index contributed by atoms with van der Waals surface area (Å²) in [5, 5.41) is 4.47. The molecule has 0 aliphatic carbocycles. The predicted octanol–water partition coefficient (Wildman–Crippen LogP) is 0.920. The number of aromatic nitrogens is 2. The van der Waals surface area contributed by atoms with E-state index in [0.29, 0.717) is 25.3 Å². The molecule has 142 valence electrons. The lowest BCUT2D eigenvalue weighted by Gasteiger charge is -2.26. The second kappa shape index (κ2) is 7.30. The lowest BCUT2D eigenvalue weighted by Crippen LogP contribution is -2.36. The first kappa shape index (κ1) is 19.7. The Morgan fingerprint density at radius 1 is 1.40 bits per heavy atom. The van der Waals surface area contributed by atoms with Gasteiger partial charge in [-0.3, -0.25) is 4.68 Å². The summed E-state index contributed by atoms with van der Waals surface area (Å²) in [7, 11) is -0.643. The highest BCUT2D eigenvalue weighted by Gasteiger charge is 2.26. The Morgan fingerprint density at radius 3 is 2.68 bits per heavy atom. The van der Waals surface area contributed by atoms with Crippen LogP contribution in [0.25, 0.3) is 0 Å². The van der Waals surface area contributed by atoms with Crippen LogP contribution in [0.2, 0.25) is 0 Å². The van der Waals surface area contributed by atoms with Crippen LogP contribution in [-0.4, -0.2) is 59.7 Å². The monoisotopic (exact) mass is 373 g/mol. The van der Waals surface area contributed by atoms with Crippen LogP contribution in [0.4, 0.5) is 4.79 Å². The molecule has 1 aromatic rings. The molecule has 0 fully saturated rings. The number of hydrogen-bond acceptors (Lipinski definition) is 5. The third-order valence-corrected chi connectivity index (χ3v) is 5.23. The average molecular weight is 373 g/mol. The predicted molar refractivity (Wildman–Crippen MR) is 92.9 cm³/mol. The van der Waals surface area contributed by atoms with E-state index < -0.39 is 15.8 Å². The van der Waals surface area contributed by atoms with Gasteiger partial charge in [-0.2, -0.15) is 17.8 Å². The Balaban J connectivity index is 2.11. The maximum Gasteiger partial charge on any atom is 0.410 e. The van der Waals surface area contributed by atoms with Gasteiger partial charge in [-0.05, 0) is 33.3 Å². The molecule has 0 spiro atoms. The summed E-state index contributed by atoms with van der Waals surface area (Å²) in [6, 6.07) is 1.84. The highest BCUT2D eigenvalue weighted by Crippen LogP contribution is 2.18. The first-order chi connectivity index (χ1) is 11.5. The minimum absolute atomic E-state index is 0.162. The number of aryl methyl sites for hydroxylation is 1. The van der Waals surface area contributed by atoms with Gasteiger partial charge in [0.15, 0.2) is 0 Å². The molecule has 10 heteroatoms. The van der Waals surface area contributed by atoms with Gasteiger partial charge in [-0.25, -0.2) is 9.52 Å². The van der Waals surface area contributed by atoms with Crippen LogP contribution in [0.5, 0.6) is 0 Å². The van der Waals surface area contributed by atoms with E-state index in [1.165, 1.54) is 18.4 Å². The van der Waals surface area contributed by atoms with Gasteiger partial charge in [0, 0.05) is 27.2 Å². The maximum absolute atomic E-state index is 12.3. The number of fused-ring (bicyclic) bond motifs is 1. The molecule has 0 bridgehead atoms. The molecule has 0 aromatic carbocycles. The van der Waals surface area contributed by atoms with E-state index in [1.807, 2.05) is 31.5 Å². The fraction of sp³-hybridized carbons (Fsp3) is 0.733. The number of hydrogen-bond donors (Lipinski definition) is 1. The van der Waals surface area contributed by atoms with Crippen molar-refractivity contribution in [3.63, 3.8) is 0 Å². The van der Waals surface area contributed by atoms with Crippen LogP contribution in [0, 0.1) is 0 Å². The first-order valence-electron chi connectivity index (χ1n) is 8.20. The maximum atomic E-state index is 12.3. The Kier molecular flexibility index (Phi) is 5.75. The summed E-state index contributed by atoms with van der Waals surface area (Å²) in [4.78, 5) is 14.0. The smallest absolute Gasteiger partial charge is 0.410 e. The normalized spacial score (nSPS) is 15.8. The second-order valence-corrected chi connectivity index (χ2v) is 9.05. The first-order valence-corrected chi connectivity index (χ1v) is 9.64. The molecular formula is C15H27N5O4S. The lowest BCUT2D eigenvalue weighted by molar-refractivity contribution is 0.0236. The number of rotatable bonds is 4. The number of ether oxygens (including phenoxy) is 1. The number of carbonyl (C=O) groups excluding carboxylic acids is 1. The number of nitrogens with one attached hydrogen (secondary N) is 1. The molecule has 1 amide bonds. The van der Waals surface area contributed by atoms with E-state index in [-0.39, 0.29) is 12.6 Å². The zero-order chi connectivity index (χ0) is 18.8. The molecule has 0 unspecified atom stereocenters. The van der Waals surface area contributed by atoms with Crippen molar-refractivity contribution in [2.75, 3.05) is 20.6 Å². The minimum atomic E-state index is -3.50. The highest BCUT2D eigenvalue weighted by atomic mass is 32.2. The Bertz CT molecular complexity index is 723. The van der Waals surface area contributed by atoms with E-state index in [1.54, 1.807) is 4.90 Å². The summed E-state index contributed by atoms with van der Waals surface area (Å²) in [5.41, 5.74) is 0.968. The molecule has 0 atom stereocenters. The van der Waals surface area contributed by atoms with Crippen LogP contribution in [-0.2, 0) is 34.6 Å². The largest absolute Gasteiger partial charge is 0.444 e. The van der Waals surface area contributed by atoms with Crippen LogP contribution >= 0.6 is 0 Å². The Labute approximate surface area is 149 Å². The van der Waals surface area contributed by atoms with Gasteiger partial charge in [0.05, 0.1) is 24.5 Å². The van der Waals surface area contributed by atoms with Gasteiger partial charge in [-0.1, -0.05) is 0 Å². The van der Waals surface area contributed by atoms with E-state index in [0.717, 1.165) is 12.1 Å². The van der Waals surface area contributed by atoms with E-state index in [9.17, 15) is 13.2 Å².